The Balaban J connectivity index is 2.50. The molecule has 1 N–H and O–H groups in total. The molecule has 0 aromatic carbocycles. The molecule has 0 bridgehead atoms. The third-order valence-electron chi connectivity index (χ3n) is 3.89. The molecule has 2 nitrogen and oxygen atoms in total. The van der Waals surface area contributed by atoms with E-state index in [2.05, 4.69) is 33.0 Å². The van der Waals surface area contributed by atoms with Crippen LogP contribution in [-0.2, 0) is 4.74 Å². The minimum atomic E-state index is 0.0101. The van der Waals surface area contributed by atoms with Gasteiger partial charge in [-0.15, -0.1) is 0 Å². The Hall–Kier alpha value is -0.0800. The molecule has 0 spiro atoms. The van der Waals surface area contributed by atoms with Gasteiger partial charge in [0.25, 0.3) is 0 Å². The van der Waals surface area contributed by atoms with Crippen molar-refractivity contribution < 1.29 is 4.74 Å². The molecule has 0 radical (unpaired) electrons. The second-order valence-electron chi connectivity index (χ2n) is 5.99. The largest absolute Gasteiger partial charge is 0.371 e. The second-order valence-corrected chi connectivity index (χ2v) is 5.99. The molecule has 1 saturated carbocycles. The third kappa shape index (κ3) is 4.06. The maximum Gasteiger partial charge on any atom is 0.0779 e. The Morgan fingerprint density at radius 1 is 1.19 bits per heavy atom. The van der Waals surface area contributed by atoms with Gasteiger partial charge in [-0.05, 0) is 51.5 Å². The van der Waals surface area contributed by atoms with Crippen molar-refractivity contribution >= 4 is 0 Å². The van der Waals surface area contributed by atoms with Crippen LogP contribution in [0.2, 0.25) is 0 Å². The van der Waals surface area contributed by atoms with Crippen LogP contribution in [0.4, 0.5) is 0 Å². The monoisotopic (exact) mass is 227 g/mol. The number of nitrogens with one attached hydrogen (secondary N) is 1. The SMILES string of the molecule is CCC(C)(CNC)OC1CC(C)CC(C)C1. The lowest BCUT2D eigenvalue weighted by molar-refractivity contribution is -0.107. The number of likely N-dealkylation sites (N-methyl/N-ethyl adjacent to an activating group) is 1. The van der Waals surface area contributed by atoms with Gasteiger partial charge in [0.05, 0.1) is 11.7 Å². The van der Waals surface area contributed by atoms with E-state index in [0.717, 1.165) is 24.8 Å². The van der Waals surface area contributed by atoms with Crippen LogP contribution < -0.4 is 5.32 Å². The Labute approximate surface area is 101 Å². The lowest BCUT2D eigenvalue weighted by Gasteiger charge is -2.38. The van der Waals surface area contributed by atoms with Gasteiger partial charge in [-0.3, -0.25) is 0 Å². The molecule has 2 heteroatoms. The van der Waals surface area contributed by atoms with Gasteiger partial charge in [-0.1, -0.05) is 20.8 Å². The van der Waals surface area contributed by atoms with Gasteiger partial charge in [0.2, 0.25) is 0 Å². The van der Waals surface area contributed by atoms with Crippen LogP contribution in [0.15, 0.2) is 0 Å². The second kappa shape index (κ2) is 6.02. The zero-order valence-corrected chi connectivity index (χ0v) is 11.7. The summed E-state index contributed by atoms with van der Waals surface area (Å²) >= 11 is 0. The van der Waals surface area contributed by atoms with E-state index < -0.39 is 0 Å². The molecule has 96 valence electrons. The predicted molar refractivity (Wildman–Crippen MR) is 69.7 cm³/mol. The van der Waals surface area contributed by atoms with Crippen molar-refractivity contribution in [2.45, 2.75) is 65.1 Å². The third-order valence-corrected chi connectivity index (χ3v) is 3.89. The molecular formula is C14H29NO. The number of ether oxygens (including phenoxy) is 1. The average Bonchev–Trinajstić information content (AvgIpc) is 2.16. The topological polar surface area (TPSA) is 21.3 Å². The van der Waals surface area contributed by atoms with Crippen molar-refractivity contribution in [3.8, 4) is 0 Å². The Bertz CT molecular complexity index is 197. The highest BCUT2D eigenvalue weighted by molar-refractivity contribution is 4.82. The molecule has 16 heavy (non-hydrogen) atoms. The van der Waals surface area contributed by atoms with E-state index in [0.29, 0.717) is 6.10 Å². The van der Waals surface area contributed by atoms with Crippen LogP contribution in [0.1, 0.15) is 53.4 Å². The summed E-state index contributed by atoms with van der Waals surface area (Å²) in [5.41, 5.74) is 0.0101. The molecule has 0 aliphatic heterocycles. The normalized spacial score (nSPS) is 34.7. The van der Waals surface area contributed by atoms with E-state index in [-0.39, 0.29) is 5.60 Å². The minimum Gasteiger partial charge on any atom is -0.371 e. The van der Waals surface area contributed by atoms with E-state index in [4.69, 9.17) is 4.74 Å². The van der Waals surface area contributed by atoms with Gasteiger partial charge in [0.1, 0.15) is 0 Å². The average molecular weight is 227 g/mol. The summed E-state index contributed by atoms with van der Waals surface area (Å²) in [5.74, 6) is 1.65. The Kier molecular flexibility index (Phi) is 5.26. The summed E-state index contributed by atoms with van der Waals surface area (Å²) in [6.07, 6.45) is 5.40. The first-order valence-electron chi connectivity index (χ1n) is 6.81. The van der Waals surface area contributed by atoms with Crippen LogP contribution in [-0.4, -0.2) is 25.3 Å². The fourth-order valence-electron chi connectivity index (χ4n) is 3.00. The molecule has 0 aromatic heterocycles. The van der Waals surface area contributed by atoms with Crippen molar-refractivity contribution in [1.29, 1.82) is 0 Å². The number of hydrogen-bond donors (Lipinski definition) is 1. The van der Waals surface area contributed by atoms with Crippen LogP contribution in [0.25, 0.3) is 0 Å². The molecule has 1 aliphatic carbocycles. The zero-order chi connectivity index (χ0) is 12.2. The lowest BCUT2D eigenvalue weighted by Crippen LogP contribution is -2.43. The van der Waals surface area contributed by atoms with Crippen molar-refractivity contribution in [2.24, 2.45) is 11.8 Å². The molecule has 3 unspecified atom stereocenters. The molecule has 0 saturated heterocycles. The Morgan fingerprint density at radius 3 is 2.19 bits per heavy atom. The maximum atomic E-state index is 6.35. The molecule has 1 rings (SSSR count). The molecule has 0 amide bonds. The fourth-order valence-corrected chi connectivity index (χ4v) is 3.00. The molecule has 0 heterocycles. The van der Waals surface area contributed by atoms with Gasteiger partial charge < -0.3 is 10.1 Å². The van der Waals surface area contributed by atoms with Crippen LogP contribution >= 0.6 is 0 Å². The summed E-state index contributed by atoms with van der Waals surface area (Å²) in [4.78, 5) is 0. The standard InChI is InChI=1S/C14H29NO/c1-6-14(4,10-15-5)16-13-8-11(2)7-12(3)9-13/h11-13,15H,6-10H2,1-5H3. The quantitative estimate of drug-likeness (QED) is 0.778. The predicted octanol–water partition coefficient (Wildman–Crippen LogP) is 3.22. The van der Waals surface area contributed by atoms with Gasteiger partial charge in [-0.2, -0.15) is 0 Å². The summed E-state index contributed by atoms with van der Waals surface area (Å²) in [6, 6.07) is 0. The number of hydrogen-bond acceptors (Lipinski definition) is 2. The molecule has 1 fully saturated rings. The number of rotatable bonds is 5. The Morgan fingerprint density at radius 2 is 1.75 bits per heavy atom. The van der Waals surface area contributed by atoms with E-state index in [9.17, 15) is 0 Å². The van der Waals surface area contributed by atoms with Crippen LogP contribution in [0.3, 0.4) is 0 Å². The fraction of sp³-hybridized carbons (Fsp3) is 1.00. The van der Waals surface area contributed by atoms with Crippen LogP contribution in [0, 0.1) is 11.8 Å². The maximum absolute atomic E-state index is 6.35. The highest BCUT2D eigenvalue weighted by atomic mass is 16.5. The molecule has 1 aliphatic rings. The van der Waals surface area contributed by atoms with Crippen LogP contribution in [0.5, 0.6) is 0 Å². The van der Waals surface area contributed by atoms with Gasteiger partial charge in [-0.25, -0.2) is 0 Å². The summed E-state index contributed by atoms with van der Waals surface area (Å²) < 4.78 is 6.35. The van der Waals surface area contributed by atoms with Gasteiger partial charge in [0.15, 0.2) is 0 Å². The van der Waals surface area contributed by atoms with Gasteiger partial charge >= 0.3 is 0 Å². The van der Waals surface area contributed by atoms with Crippen molar-refractivity contribution in [2.75, 3.05) is 13.6 Å². The molecule has 3 atom stereocenters. The first-order chi connectivity index (χ1) is 7.49. The summed E-state index contributed by atoms with van der Waals surface area (Å²) in [7, 11) is 2.00. The van der Waals surface area contributed by atoms with Crippen molar-refractivity contribution in [3.63, 3.8) is 0 Å². The van der Waals surface area contributed by atoms with Crippen molar-refractivity contribution in [3.05, 3.63) is 0 Å². The summed E-state index contributed by atoms with van der Waals surface area (Å²) in [6.45, 7) is 10.1. The zero-order valence-electron chi connectivity index (χ0n) is 11.7. The minimum absolute atomic E-state index is 0.0101. The summed E-state index contributed by atoms with van der Waals surface area (Å²) in [5, 5.41) is 3.25. The lowest BCUT2D eigenvalue weighted by atomic mass is 9.81. The van der Waals surface area contributed by atoms with E-state index >= 15 is 0 Å². The highest BCUT2D eigenvalue weighted by Crippen LogP contribution is 2.33. The molecular weight excluding hydrogens is 198 g/mol. The van der Waals surface area contributed by atoms with E-state index in [1.165, 1.54) is 19.3 Å². The smallest absolute Gasteiger partial charge is 0.0779 e. The first-order valence-corrected chi connectivity index (χ1v) is 6.81. The first kappa shape index (κ1) is 14.0. The van der Waals surface area contributed by atoms with E-state index in [1.54, 1.807) is 0 Å². The van der Waals surface area contributed by atoms with Crippen molar-refractivity contribution in [1.82, 2.24) is 5.32 Å². The molecule has 0 aromatic rings. The highest BCUT2D eigenvalue weighted by Gasteiger charge is 2.31. The van der Waals surface area contributed by atoms with Gasteiger partial charge in [0, 0.05) is 6.54 Å². The van der Waals surface area contributed by atoms with E-state index in [1.807, 2.05) is 7.05 Å².